The van der Waals surface area contributed by atoms with E-state index in [4.69, 9.17) is 11.6 Å². The molecule has 0 N–H and O–H groups in total. The van der Waals surface area contributed by atoms with Crippen LogP contribution in [-0.4, -0.2) is 4.92 Å². The van der Waals surface area contributed by atoms with Crippen molar-refractivity contribution in [1.82, 2.24) is 0 Å². The summed E-state index contributed by atoms with van der Waals surface area (Å²) in [6, 6.07) is 14.5. The molecule has 0 heterocycles. The Morgan fingerprint density at radius 3 is 2.52 bits per heavy atom. The molecule has 3 nitrogen and oxygen atoms in total. The Kier molecular flexibility index (Phi) is 3.31. The van der Waals surface area contributed by atoms with Gasteiger partial charge >= 0.3 is 0 Å². The van der Waals surface area contributed by atoms with Gasteiger partial charge in [-0.25, -0.2) is 4.39 Å². The highest BCUT2D eigenvalue weighted by Crippen LogP contribution is 2.39. The fourth-order valence-electron chi connectivity index (χ4n) is 2.36. The predicted molar refractivity (Wildman–Crippen MR) is 81.0 cm³/mol. The minimum absolute atomic E-state index is 0.104. The first-order valence-electron chi connectivity index (χ1n) is 6.20. The lowest BCUT2D eigenvalue weighted by molar-refractivity contribution is -0.384. The van der Waals surface area contributed by atoms with Gasteiger partial charge in [0.2, 0.25) is 0 Å². The Balaban J connectivity index is 2.36. The number of fused-ring (bicyclic) bond motifs is 1. The van der Waals surface area contributed by atoms with Crippen LogP contribution in [0, 0.1) is 15.9 Å². The maximum Gasteiger partial charge on any atom is 0.278 e. The van der Waals surface area contributed by atoms with Crippen molar-refractivity contribution < 1.29 is 9.31 Å². The van der Waals surface area contributed by atoms with Crippen molar-refractivity contribution in [3.8, 4) is 11.1 Å². The molecule has 5 heteroatoms. The van der Waals surface area contributed by atoms with Crippen LogP contribution in [0.4, 0.5) is 10.1 Å². The quantitative estimate of drug-likeness (QED) is 0.482. The summed E-state index contributed by atoms with van der Waals surface area (Å²) in [5.41, 5.74) is 0.0232. The fraction of sp³-hybridized carbons (Fsp3) is 0. The van der Waals surface area contributed by atoms with E-state index in [2.05, 4.69) is 0 Å². The molecular weight excluding hydrogens is 293 g/mol. The van der Waals surface area contributed by atoms with Crippen molar-refractivity contribution in [3.05, 3.63) is 75.6 Å². The summed E-state index contributed by atoms with van der Waals surface area (Å²) in [6.45, 7) is 0. The van der Waals surface area contributed by atoms with Gasteiger partial charge in [-0.15, -0.1) is 0 Å². The van der Waals surface area contributed by atoms with E-state index in [0.29, 0.717) is 5.39 Å². The first kappa shape index (κ1) is 13.5. The van der Waals surface area contributed by atoms with E-state index in [1.807, 2.05) is 0 Å². The van der Waals surface area contributed by atoms with Gasteiger partial charge in [-0.2, -0.15) is 0 Å². The Bertz CT molecular complexity index is 864. The van der Waals surface area contributed by atoms with Gasteiger partial charge < -0.3 is 0 Å². The average molecular weight is 302 g/mol. The summed E-state index contributed by atoms with van der Waals surface area (Å²) in [5.74, 6) is -0.510. The summed E-state index contributed by atoms with van der Waals surface area (Å²) >= 11 is 6.06. The second-order valence-corrected chi connectivity index (χ2v) is 4.95. The van der Waals surface area contributed by atoms with E-state index < -0.39 is 10.7 Å². The average Bonchev–Trinajstić information content (AvgIpc) is 2.48. The zero-order chi connectivity index (χ0) is 15.0. The third-order valence-electron chi connectivity index (χ3n) is 3.32. The van der Waals surface area contributed by atoms with Crippen molar-refractivity contribution >= 4 is 28.1 Å². The lowest BCUT2D eigenvalue weighted by atomic mass is 9.99. The van der Waals surface area contributed by atoms with Crippen molar-refractivity contribution in [2.24, 2.45) is 0 Å². The lowest BCUT2D eigenvalue weighted by Gasteiger charge is -2.09. The molecule has 0 bridgehead atoms. The van der Waals surface area contributed by atoms with Crippen LogP contribution in [-0.2, 0) is 0 Å². The number of benzene rings is 3. The molecule has 0 unspecified atom stereocenters. The highest BCUT2D eigenvalue weighted by atomic mass is 35.5. The summed E-state index contributed by atoms with van der Waals surface area (Å²) < 4.78 is 14.7. The van der Waals surface area contributed by atoms with Gasteiger partial charge in [0.15, 0.2) is 0 Å². The molecule has 104 valence electrons. The summed E-state index contributed by atoms with van der Waals surface area (Å²) in [5, 5.41) is 12.4. The van der Waals surface area contributed by atoms with Crippen LogP contribution in [0.15, 0.2) is 54.6 Å². The molecule has 0 radical (unpaired) electrons. The van der Waals surface area contributed by atoms with Gasteiger partial charge in [0.25, 0.3) is 5.69 Å². The standard InChI is InChI=1S/C16H9ClFNO2/c17-13-6-3-7-14(19(20)21)15(13)12-9-8-10-4-1-2-5-11(10)16(12)18/h1-9H. The zero-order valence-corrected chi connectivity index (χ0v) is 11.5. The van der Waals surface area contributed by atoms with E-state index in [1.54, 1.807) is 30.3 Å². The zero-order valence-electron chi connectivity index (χ0n) is 10.7. The van der Waals surface area contributed by atoms with Crippen molar-refractivity contribution in [2.45, 2.75) is 0 Å². The minimum atomic E-state index is -0.560. The van der Waals surface area contributed by atoms with Gasteiger partial charge in [0.1, 0.15) is 5.82 Å². The van der Waals surface area contributed by atoms with Crippen molar-refractivity contribution in [1.29, 1.82) is 0 Å². The predicted octanol–water partition coefficient (Wildman–Crippen LogP) is 5.21. The Morgan fingerprint density at radius 1 is 1.00 bits per heavy atom. The van der Waals surface area contributed by atoms with E-state index in [1.165, 1.54) is 24.3 Å². The third kappa shape index (κ3) is 2.23. The Morgan fingerprint density at radius 2 is 1.76 bits per heavy atom. The molecule has 3 aromatic carbocycles. The molecule has 0 aliphatic heterocycles. The van der Waals surface area contributed by atoms with Crippen LogP contribution in [0.5, 0.6) is 0 Å². The van der Waals surface area contributed by atoms with Gasteiger partial charge in [-0.05, 0) is 11.5 Å². The molecule has 0 amide bonds. The number of nitro groups is 1. The van der Waals surface area contributed by atoms with Crippen LogP contribution in [0.3, 0.4) is 0 Å². The summed E-state index contributed by atoms with van der Waals surface area (Å²) in [6.07, 6.45) is 0. The van der Waals surface area contributed by atoms with Gasteiger partial charge in [-0.1, -0.05) is 54.1 Å². The summed E-state index contributed by atoms with van der Waals surface area (Å²) in [4.78, 5) is 10.6. The first-order valence-corrected chi connectivity index (χ1v) is 6.58. The normalized spacial score (nSPS) is 10.8. The van der Waals surface area contributed by atoms with E-state index in [9.17, 15) is 14.5 Å². The molecule has 0 atom stereocenters. The molecule has 0 aliphatic rings. The van der Waals surface area contributed by atoms with Crippen molar-refractivity contribution in [3.63, 3.8) is 0 Å². The smallest absolute Gasteiger partial charge is 0.258 e. The number of nitro benzene ring substituents is 1. The van der Waals surface area contributed by atoms with Gasteiger partial charge in [0, 0.05) is 17.0 Å². The van der Waals surface area contributed by atoms with Crippen LogP contribution in [0.25, 0.3) is 21.9 Å². The monoisotopic (exact) mass is 301 g/mol. The fourth-order valence-corrected chi connectivity index (χ4v) is 2.63. The van der Waals surface area contributed by atoms with Gasteiger partial charge in [-0.3, -0.25) is 10.1 Å². The molecule has 0 spiro atoms. The van der Waals surface area contributed by atoms with E-state index in [-0.39, 0.29) is 21.8 Å². The minimum Gasteiger partial charge on any atom is -0.258 e. The summed E-state index contributed by atoms with van der Waals surface area (Å²) in [7, 11) is 0. The number of rotatable bonds is 2. The van der Waals surface area contributed by atoms with Crippen LogP contribution in [0.2, 0.25) is 5.02 Å². The molecule has 0 aromatic heterocycles. The molecular formula is C16H9ClFNO2. The third-order valence-corrected chi connectivity index (χ3v) is 3.64. The van der Waals surface area contributed by atoms with E-state index in [0.717, 1.165) is 5.39 Å². The molecule has 0 fully saturated rings. The molecule has 21 heavy (non-hydrogen) atoms. The largest absolute Gasteiger partial charge is 0.278 e. The maximum atomic E-state index is 14.7. The highest BCUT2D eigenvalue weighted by Gasteiger charge is 2.21. The van der Waals surface area contributed by atoms with Crippen LogP contribution < -0.4 is 0 Å². The molecule has 0 aliphatic carbocycles. The molecule has 0 saturated carbocycles. The second-order valence-electron chi connectivity index (χ2n) is 4.54. The van der Waals surface area contributed by atoms with Crippen LogP contribution >= 0.6 is 11.6 Å². The Labute approximate surface area is 124 Å². The highest BCUT2D eigenvalue weighted by molar-refractivity contribution is 6.34. The van der Waals surface area contributed by atoms with Gasteiger partial charge in [0.05, 0.1) is 15.5 Å². The van der Waals surface area contributed by atoms with E-state index >= 15 is 0 Å². The SMILES string of the molecule is O=[N+]([O-])c1cccc(Cl)c1-c1ccc2ccccc2c1F. The number of halogens is 2. The number of hydrogen-bond acceptors (Lipinski definition) is 2. The Hall–Kier alpha value is -2.46. The lowest BCUT2D eigenvalue weighted by Crippen LogP contribution is -1.95. The molecule has 0 saturated heterocycles. The topological polar surface area (TPSA) is 43.1 Å². The molecule has 3 rings (SSSR count). The molecule has 3 aromatic rings. The number of nitrogens with zero attached hydrogens (tertiary/aromatic N) is 1. The van der Waals surface area contributed by atoms with Crippen molar-refractivity contribution in [2.75, 3.05) is 0 Å². The second kappa shape index (κ2) is 5.14. The maximum absolute atomic E-state index is 14.7. The number of hydrogen-bond donors (Lipinski definition) is 0. The van der Waals surface area contributed by atoms with Crippen LogP contribution in [0.1, 0.15) is 0 Å². The first-order chi connectivity index (χ1) is 10.1.